The first kappa shape index (κ1) is 14.9. The number of amides is 1. The smallest absolute Gasteiger partial charge is 0.246 e. The van der Waals surface area contributed by atoms with Crippen LogP contribution in [0, 0.1) is 0 Å². The van der Waals surface area contributed by atoms with E-state index < -0.39 is 0 Å². The largest absolute Gasteiger partial charge is 0.376 e. The molecule has 1 atom stereocenters. The number of pyridine rings is 1. The van der Waals surface area contributed by atoms with Gasteiger partial charge in [0.25, 0.3) is 0 Å². The van der Waals surface area contributed by atoms with E-state index in [0.717, 1.165) is 31.6 Å². The van der Waals surface area contributed by atoms with Crippen LogP contribution in [0.15, 0.2) is 18.3 Å². The lowest BCUT2D eigenvalue weighted by Crippen LogP contribution is -2.29. The molecule has 1 aromatic heterocycles. The Kier molecular flexibility index (Phi) is 5.95. The van der Waals surface area contributed by atoms with Crippen molar-refractivity contribution in [3.05, 3.63) is 29.6 Å². The fraction of sp³-hybridized carbons (Fsp3) is 0.600. The molecule has 1 N–H and O–H groups in total. The van der Waals surface area contributed by atoms with Gasteiger partial charge >= 0.3 is 0 Å². The third-order valence-corrected chi connectivity index (χ3v) is 3.32. The second-order valence-electron chi connectivity index (χ2n) is 4.94. The van der Waals surface area contributed by atoms with Gasteiger partial charge in [0.2, 0.25) is 5.91 Å². The quantitative estimate of drug-likeness (QED) is 0.820. The molecule has 0 bridgehead atoms. The van der Waals surface area contributed by atoms with E-state index in [-0.39, 0.29) is 18.6 Å². The molecular weight excluding hydrogens is 256 g/mol. The monoisotopic (exact) mass is 278 g/mol. The molecule has 1 amide bonds. The minimum atomic E-state index is -0.121. The molecule has 2 heterocycles. The van der Waals surface area contributed by atoms with E-state index >= 15 is 0 Å². The van der Waals surface area contributed by atoms with Crippen molar-refractivity contribution in [2.24, 2.45) is 0 Å². The van der Waals surface area contributed by atoms with Crippen LogP contribution in [0.4, 0.5) is 0 Å². The van der Waals surface area contributed by atoms with Gasteiger partial charge in [0.15, 0.2) is 0 Å². The molecular formula is C15H22N2O3. The average Bonchev–Trinajstić information content (AvgIpc) is 2.99. The number of nitrogens with one attached hydrogen (secondary N) is 1. The van der Waals surface area contributed by atoms with Crippen LogP contribution in [-0.4, -0.2) is 36.8 Å². The van der Waals surface area contributed by atoms with Gasteiger partial charge in [0.05, 0.1) is 24.9 Å². The maximum absolute atomic E-state index is 11.6. The van der Waals surface area contributed by atoms with E-state index in [2.05, 4.69) is 17.2 Å². The molecule has 0 spiro atoms. The van der Waals surface area contributed by atoms with Crippen LogP contribution in [0.25, 0.3) is 0 Å². The van der Waals surface area contributed by atoms with Gasteiger partial charge in [0.1, 0.15) is 6.61 Å². The number of aryl methyl sites for hydroxylation is 1. The van der Waals surface area contributed by atoms with E-state index in [9.17, 15) is 4.79 Å². The average molecular weight is 278 g/mol. The summed E-state index contributed by atoms with van der Waals surface area (Å²) in [7, 11) is 0. The molecule has 2 rings (SSSR count). The topological polar surface area (TPSA) is 60.5 Å². The molecule has 0 saturated carbocycles. The Morgan fingerprint density at radius 3 is 3.10 bits per heavy atom. The molecule has 1 aliphatic heterocycles. The fourth-order valence-corrected chi connectivity index (χ4v) is 2.07. The second-order valence-corrected chi connectivity index (χ2v) is 4.94. The number of ether oxygens (including phenoxy) is 2. The molecule has 5 heteroatoms. The summed E-state index contributed by atoms with van der Waals surface area (Å²) in [5, 5.41) is 2.79. The highest BCUT2D eigenvalue weighted by molar-refractivity contribution is 5.77. The molecule has 1 aromatic rings. The summed E-state index contributed by atoms with van der Waals surface area (Å²) < 4.78 is 10.8. The summed E-state index contributed by atoms with van der Waals surface area (Å²) in [5.41, 5.74) is 2.05. The van der Waals surface area contributed by atoms with Crippen LogP contribution in [0.2, 0.25) is 0 Å². The molecule has 110 valence electrons. The summed E-state index contributed by atoms with van der Waals surface area (Å²) in [4.78, 5) is 15.9. The first-order valence-electron chi connectivity index (χ1n) is 7.17. The van der Waals surface area contributed by atoms with Crippen LogP contribution in [0.5, 0.6) is 0 Å². The van der Waals surface area contributed by atoms with Gasteiger partial charge in [-0.2, -0.15) is 0 Å². The number of aromatic nitrogens is 1. The molecule has 1 aliphatic rings. The lowest BCUT2D eigenvalue weighted by atomic mass is 10.2. The van der Waals surface area contributed by atoms with E-state index in [1.54, 1.807) is 0 Å². The number of carbonyl (C=O) groups excluding carboxylic acids is 1. The van der Waals surface area contributed by atoms with E-state index in [1.165, 1.54) is 5.56 Å². The predicted molar refractivity (Wildman–Crippen MR) is 75.3 cm³/mol. The summed E-state index contributed by atoms with van der Waals surface area (Å²) >= 11 is 0. The van der Waals surface area contributed by atoms with Crippen LogP contribution in [-0.2, 0) is 27.2 Å². The third-order valence-electron chi connectivity index (χ3n) is 3.32. The molecule has 20 heavy (non-hydrogen) atoms. The Labute approximate surface area is 119 Å². The SMILES string of the molecule is CCc1ccc(CNC(=O)COCC2CCCO2)nc1. The zero-order valence-corrected chi connectivity index (χ0v) is 11.9. The van der Waals surface area contributed by atoms with Gasteiger partial charge in [-0.3, -0.25) is 9.78 Å². The molecule has 5 nitrogen and oxygen atoms in total. The number of nitrogens with zero attached hydrogens (tertiary/aromatic N) is 1. The maximum atomic E-state index is 11.6. The molecule has 0 aliphatic carbocycles. The number of hydrogen-bond donors (Lipinski definition) is 1. The minimum absolute atomic E-state index is 0.0763. The number of carbonyl (C=O) groups is 1. The van der Waals surface area contributed by atoms with Crippen LogP contribution >= 0.6 is 0 Å². The van der Waals surface area contributed by atoms with E-state index in [4.69, 9.17) is 9.47 Å². The lowest BCUT2D eigenvalue weighted by Gasteiger charge is -2.10. The highest BCUT2D eigenvalue weighted by atomic mass is 16.5. The van der Waals surface area contributed by atoms with Crippen molar-refractivity contribution >= 4 is 5.91 Å². The Morgan fingerprint density at radius 1 is 1.55 bits per heavy atom. The number of rotatable bonds is 7. The Morgan fingerprint density at radius 2 is 2.45 bits per heavy atom. The Hall–Kier alpha value is -1.46. The van der Waals surface area contributed by atoms with Crippen molar-refractivity contribution in [1.82, 2.24) is 10.3 Å². The standard InChI is InChI=1S/C15H22N2O3/c1-2-12-5-6-13(16-8-12)9-17-15(18)11-19-10-14-4-3-7-20-14/h5-6,8,14H,2-4,7,9-11H2,1H3,(H,17,18). The number of hydrogen-bond acceptors (Lipinski definition) is 4. The molecule has 1 saturated heterocycles. The summed E-state index contributed by atoms with van der Waals surface area (Å²) in [6, 6.07) is 3.97. The van der Waals surface area contributed by atoms with Gasteiger partial charge in [-0.1, -0.05) is 13.0 Å². The molecule has 0 aromatic carbocycles. The molecule has 0 radical (unpaired) electrons. The van der Waals surface area contributed by atoms with Gasteiger partial charge in [-0.25, -0.2) is 0 Å². The Balaban J connectivity index is 1.61. The normalized spacial score (nSPS) is 18.1. The minimum Gasteiger partial charge on any atom is -0.376 e. The van der Waals surface area contributed by atoms with Crippen LogP contribution < -0.4 is 5.32 Å². The summed E-state index contributed by atoms with van der Waals surface area (Å²) in [6.45, 7) is 3.90. The van der Waals surface area contributed by atoms with Crippen LogP contribution in [0.3, 0.4) is 0 Å². The van der Waals surface area contributed by atoms with Crippen molar-refractivity contribution in [1.29, 1.82) is 0 Å². The van der Waals surface area contributed by atoms with Crippen molar-refractivity contribution in [2.75, 3.05) is 19.8 Å². The zero-order valence-electron chi connectivity index (χ0n) is 11.9. The highest BCUT2D eigenvalue weighted by Crippen LogP contribution is 2.11. The van der Waals surface area contributed by atoms with Crippen molar-refractivity contribution < 1.29 is 14.3 Å². The Bertz CT molecular complexity index is 414. The zero-order chi connectivity index (χ0) is 14.2. The van der Waals surface area contributed by atoms with Gasteiger partial charge in [-0.05, 0) is 30.9 Å². The van der Waals surface area contributed by atoms with Crippen molar-refractivity contribution in [3.8, 4) is 0 Å². The first-order valence-corrected chi connectivity index (χ1v) is 7.17. The molecule has 1 unspecified atom stereocenters. The fourth-order valence-electron chi connectivity index (χ4n) is 2.07. The first-order chi connectivity index (χ1) is 9.78. The van der Waals surface area contributed by atoms with E-state index in [1.807, 2.05) is 18.3 Å². The predicted octanol–water partition coefficient (Wildman–Crippen LogP) is 1.46. The van der Waals surface area contributed by atoms with Crippen LogP contribution in [0.1, 0.15) is 31.0 Å². The van der Waals surface area contributed by atoms with Gasteiger partial charge in [-0.15, -0.1) is 0 Å². The van der Waals surface area contributed by atoms with Gasteiger partial charge < -0.3 is 14.8 Å². The van der Waals surface area contributed by atoms with E-state index in [0.29, 0.717) is 13.2 Å². The van der Waals surface area contributed by atoms with Crippen molar-refractivity contribution in [2.45, 2.75) is 38.8 Å². The second kappa shape index (κ2) is 7.97. The maximum Gasteiger partial charge on any atom is 0.246 e. The van der Waals surface area contributed by atoms with Crippen molar-refractivity contribution in [3.63, 3.8) is 0 Å². The highest BCUT2D eigenvalue weighted by Gasteiger charge is 2.15. The third kappa shape index (κ3) is 4.90. The van der Waals surface area contributed by atoms with Gasteiger partial charge in [0, 0.05) is 12.8 Å². The summed E-state index contributed by atoms with van der Waals surface area (Å²) in [5.74, 6) is -0.121. The lowest BCUT2D eigenvalue weighted by molar-refractivity contribution is -0.127. The summed E-state index contributed by atoms with van der Waals surface area (Å²) in [6.07, 6.45) is 5.08. The molecule has 1 fully saturated rings.